The van der Waals surface area contributed by atoms with Crippen molar-refractivity contribution >= 4 is 5.78 Å². The molecule has 0 bridgehead atoms. The smallest absolute Gasteiger partial charge is 0.163 e. The zero-order valence-electron chi connectivity index (χ0n) is 11.2. The summed E-state index contributed by atoms with van der Waals surface area (Å²) in [6.07, 6.45) is 0. The van der Waals surface area contributed by atoms with Crippen LogP contribution in [0.1, 0.15) is 28.4 Å². The van der Waals surface area contributed by atoms with E-state index in [1.54, 1.807) is 19.1 Å². The van der Waals surface area contributed by atoms with Gasteiger partial charge in [0.2, 0.25) is 0 Å². The Bertz CT molecular complexity index is 633. The van der Waals surface area contributed by atoms with Crippen LogP contribution in [0.5, 0.6) is 11.5 Å². The first-order valence-corrected chi connectivity index (χ1v) is 6.03. The van der Waals surface area contributed by atoms with Crippen molar-refractivity contribution in [1.82, 2.24) is 0 Å². The maximum absolute atomic E-state index is 13.5. The van der Waals surface area contributed by atoms with Crippen LogP contribution in [0.3, 0.4) is 0 Å². The van der Waals surface area contributed by atoms with Crippen LogP contribution in [-0.4, -0.2) is 5.78 Å². The Morgan fingerprint density at radius 3 is 2.53 bits per heavy atom. The number of rotatable bonds is 3. The Morgan fingerprint density at radius 2 is 1.89 bits per heavy atom. The molecule has 0 fully saturated rings. The molecule has 0 aliphatic carbocycles. The van der Waals surface area contributed by atoms with E-state index in [-0.39, 0.29) is 11.3 Å². The van der Waals surface area contributed by atoms with Gasteiger partial charge >= 0.3 is 0 Å². The highest BCUT2D eigenvalue weighted by Gasteiger charge is 2.13. The van der Waals surface area contributed by atoms with E-state index in [9.17, 15) is 9.18 Å². The number of carbonyl (C=O) groups is 1. The first-order valence-electron chi connectivity index (χ1n) is 6.03. The predicted molar refractivity (Wildman–Crippen MR) is 72.4 cm³/mol. The van der Waals surface area contributed by atoms with Crippen LogP contribution >= 0.6 is 0 Å². The summed E-state index contributed by atoms with van der Waals surface area (Å²) in [6.45, 7) is 4.99. The summed E-state index contributed by atoms with van der Waals surface area (Å²) < 4.78 is 19.2. The van der Waals surface area contributed by atoms with Crippen molar-refractivity contribution in [3.8, 4) is 11.5 Å². The van der Waals surface area contributed by atoms with E-state index in [0.717, 1.165) is 5.56 Å². The minimum atomic E-state index is -0.401. The second-order valence-electron chi connectivity index (χ2n) is 4.57. The second-order valence-corrected chi connectivity index (χ2v) is 4.57. The summed E-state index contributed by atoms with van der Waals surface area (Å²) in [5, 5.41) is 0. The lowest BCUT2D eigenvalue weighted by Crippen LogP contribution is -2.00. The van der Waals surface area contributed by atoms with Gasteiger partial charge in [-0.1, -0.05) is 12.1 Å². The molecule has 0 aliphatic rings. The van der Waals surface area contributed by atoms with Gasteiger partial charge in [0.15, 0.2) is 5.78 Å². The molecule has 0 N–H and O–H groups in total. The van der Waals surface area contributed by atoms with Gasteiger partial charge in [0, 0.05) is 0 Å². The molecule has 0 atom stereocenters. The normalized spacial score (nSPS) is 10.3. The van der Waals surface area contributed by atoms with Gasteiger partial charge in [-0.3, -0.25) is 4.79 Å². The number of ether oxygens (including phenoxy) is 1. The average Bonchev–Trinajstić information content (AvgIpc) is 2.33. The molecule has 0 amide bonds. The minimum Gasteiger partial charge on any atom is -0.457 e. The SMILES string of the molecule is CC(=O)c1cc(F)c(C)cc1Oc1cccc(C)c1. The number of Topliss-reactive ketones (excluding diaryl/α,β-unsaturated/α-hetero) is 1. The quantitative estimate of drug-likeness (QED) is 0.761. The van der Waals surface area contributed by atoms with Crippen LogP contribution in [-0.2, 0) is 0 Å². The Morgan fingerprint density at radius 1 is 1.16 bits per heavy atom. The summed E-state index contributed by atoms with van der Waals surface area (Å²) in [7, 11) is 0. The van der Waals surface area contributed by atoms with E-state index >= 15 is 0 Å². The Labute approximate surface area is 111 Å². The van der Waals surface area contributed by atoms with E-state index in [1.807, 2.05) is 25.1 Å². The van der Waals surface area contributed by atoms with Crippen molar-refractivity contribution in [3.63, 3.8) is 0 Å². The van der Waals surface area contributed by atoms with Crippen LogP contribution in [0.2, 0.25) is 0 Å². The maximum atomic E-state index is 13.5. The zero-order chi connectivity index (χ0) is 14.0. The summed E-state index contributed by atoms with van der Waals surface area (Å²) in [5.41, 5.74) is 1.76. The molecule has 2 aromatic carbocycles. The summed E-state index contributed by atoms with van der Waals surface area (Å²) >= 11 is 0. The van der Waals surface area contributed by atoms with E-state index in [1.165, 1.54) is 13.0 Å². The third kappa shape index (κ3) is 2.99. The second kappa shape index (κ2) is 5.22. The van der Waals surface area contributed by atoms with Crippen molar-refractivity contribution in [2.45, 2.75) is 20.8 Å². The van der Waals surface area contributed by atoms with Gasteiger partial charge in [0.25, 0.3) is 0 Å². The molecular weight excluding hydrogens is 243 g/mol. The number of carbonyl (C=O) groups excluding carboxylic acids is 1. The average molecular weight is 258 g/mol. The van der Waals surface area contributed by atoms with E-state index < -0.39 is 5.82 Å². The lowest BCUT2D eigenvalue weighted by Gasteiger charge is -2.11. The highest BCUT2D eigenvalue weighted by molar-refractivity contribution is 5.97. The lowest BCUT2D eigenvalue weighted by molar-refractivity contribution is 0.101. The molecule has 0 saturated carbocycles. The highest BCUT2D eigenvalue weighted by Crippen LogP contribution is 2.28. The van der Waals surface area contributed by atoms with Gasteiger partial charge in [-0.05, 0) is 56.2 Å². The number of hydrogen-bond donors (Lipinski definition) is 0. The van der Waals surface area contributed by atoms with Crippen molar-refractivity contribution in [2.75, 3.05) is 0 Å². The van der Waals surface area contributed by atoms with E-state index in [4.69, 9.17) is 4.74 Å². The topological polar surface area (TPSA) is 26.3 Å². The molecule has 0 aliphatic heterocycles. The van der Waals surface area contributed by atoms with Gasteiger partial charge in [-0.25, -0.2) is 4.39 Å². The molecule has 2 nitrogen and oxygen atoms in total. The van der Waals surface area contributed by atoms with Crippen LogP contribution in [0.25, 0.3) is 0 Å². The molecule has 3 heteroatoms. The molecule has 0 aromatic heterocycles. The van der Waals surface area contributed by atoms with Crippen LogP contribution in [0.15, 0.2) is 36.4 Å². The molecule has 0 saturated heterocycles. The fourth-order valence-corrected chi connectivity index (χ4v) is 1.82. The highest BCUT2D eigenvalue weighted by atomic mass is 19.1. The Hall–Kier alpha value is -2.16. The number of aryl methyl sites for hydroxylation is 2. The van der Waals surface area contributed by atoms with Gasteiger partial charge in [0.1, 0.15) is 17.3 Å². The zero-order valence-corrected chi connectivity index (χ0v) is 11.2. The number of ketones is 1. The van der Waals surface area contributed by atoms with Gasteiger partial charge in [-0.2, -0.15) is 0 Å². The number of hydrogen-bond acceptors (Lipinski definition) is 2. The predicted octanol–water partition coefficient (Wildman–Crippen LogP) is 4.44. The summed E-state index contributed by atoms with van der Waals surface area (Å²) in [5.74, 6) is 0.397. The van der Waals surface area contributed by atoms with Gasteiger partial charge in [0.05, 0.1) is 5.56 Å². The first-order chi connectivity index (χ1) is 8.97. The van der Waals surface area contributed by atoms with Gasteiger partial charge in [-0.15, -0.1) is 0 Å². The number of benzene rings is 2. The standard InChI is InChI=1S/C16H15FO2/c1-10-5-4-6-13(7-10)19-16-8-11(2)15(17)9-14(16)12(3)18/h4-9H,1-3H3. The van der Waals surface area contributed by atoms with Crippen molar-refractivity contribution in [1.29, 1.82) is 0 Å². The molecule has 19 heavy (non-hydrogen) atoms. The van der Waals surface area contributed by atoms with Gasteiger partial charge < -0.3 is 4.74 Å². The lowest BCUT2D eigenvalue weighted by atomic mass is 10.1. The third-order valence-corrected chi connectivity index (χ3v) is 2.86. The third-order valence-electron chi connectivity index (χ3n) is 2.86. The number of halogens is 1. The monoisotopic (exact) mass is 258 g/mol. The van der Waals surface area contributed by atoms with E-state index in [0.29, 0.717) is 17.1 Å². The van der Waals surface area contributed by atoms with Crippen LogP contribution in [0, 0.1) is 19.7 Å². The maximum Gasteiger partial charge on any atom is 0.163 e. The first kappa shape index (κ1) is 13.3. The Kier molecular flexibility index (Phi) is 3.65. The van der Waals surface area contributed by atoms with Crippen molar-refractivity contribution < 1.29 is 13.9 Å². The minimum absolute atomic E-state index is 0.221. The molecule has 2 rings (SSSR count). The Balaban J connectivity index is 2.44. The molecule has 2 aromatic rings. The molecule has 0 heterocycles. The molecule has 0 radical (unpaired) electrons. The molecule has 0 spiro atoms. The largest absolute Gasteiger partial charge is 0.457 e. The summed E-state index contributed by atoms with van der Waals surface area (Å²) in [4.78, 5) is 11.5. The van der Waals surface area contributed by atoms with Crippen molar-refractivity contribution in [2.24, 2.45) is 0 Å². The van der Waals surface area contributed by atoms with E-state index in [2.05, 4.69) is 0 Å². The fourth-order valence-electron chi connectivity index (χ4n) is 1.82. The molecular formula is C16H15FO2. The molecule has 98 valence electrons. The molecule has 0 unspecified atom stereocenters. The van der Waals surface area contributed by atoms with Crippen LogP contribution in [0.4, 0.5) is 4.39 Å². The van der Waals surface area contributed by atoms with Crippen LogP contribution < -0.4 is 4.74 Å². The van der Waals surface area contributed by atoms with Crippen molar-refractivity contribution in [3.05, 3.63) is 58.9 Å². The fraction of sp³-hybridized carbons (Fsp3) is 0.188. The summed E-state index contributed by atoms with van der Waals surface area (Å²) in [6, 6.07) is 10.3.